The summed E-state index contributed by atoms with van der Waals surface area (Å²) < 4.78 is 1.87. The Morgan fingerprint density at radius 2 is 2.04 bits per heavy atom. The van der Waals surface area contributed by atoms with E-state index in [2.05, 4.69) is 39.3 Å². The minimum Gasteiger partial charge on any atom is -0.387 e. The molecule has 24 heavy (non-hydrogen) atoms. The fourth-order valence-corrected chi connectivity index (χ4v) is 4.17. The second kappa shape index (κ2) is 6.67. The van der Waals surface area contributed by atoms with Crippen LogP contribution in [0.4, 0.5) is 0 Å². The van der Waals surface area contributed by atoms with Crippen molar-refractivity contribution in [1.29, 1.82) is 0 Å². The molecule has 1 aliphatic heterocycles. The lowest BCUT2D eigenvalue weighted by Crippen LogP contribution is -2.40. The van der Waals surface area contributed by atoms with Crippen molar-refractivity contribution < 1.29 is 5.11 Å². The molecule has 2 atom stereocenters. The van der Waals surface area contributed by atoms with Crippen LogP contribution in [0.2, 0.25) is 0 Å². The molecule has 0 spiro atoms. The van der Waals surface area contributed by atoms with Gasteiger partial charge in [-0.3, -0.25) is 14.5 Å². The normalized spacial score (nSPS) is 25.6. The van der Waals surface area contributed by atoms with Gasteiger partial charge in [-0.2, -0.15) is 5.10 Å². The monoisotopic (exact) mass is 326 g/mol. The zero-order chi connectivity index (χ0) is 16.5. The lowest BCUT2D eigenvalue weighted by atomic mass is 10.1. The Morgan fingerprint density at radius 3 is 2.83 bits per heavy atom. The Hall–Kier alpha value is -1.69. The molecule has 2 aliphatic rings. The van der Waals surface area contributed by atoms with Crippen molar-refractivity contribution in [3.05, 3.63) is 53.3 Å². The van der Waals surface area contributed by atoms with Gasteiger partial charge in [0, 0.05) is 44.5 Å². The number of nitrogens with zero attached hydrogens (tertiary/aromatic N) is 4. The summed E-state index contributed by atoms with van der Waals surface area (Å²) in [6, 6.07) is 8.58. The van der Waals surface area contributed by atoms with Crippen LogP contribution in [0.15, 0.2) is 36.7 Å². The van der Waals surface area contributed by atoms with Gasteiger partial charge in [0.15, 0.2) is 0 Å². The van der Waals surface area contributed by atoms with Gasteiger partial charge in [0.2, 0.25) is 0 Å². The molecule has 1 aromatic carbocycles. The minimum absolute atomic E-state index is 0.237. The Balaban J connectivity index is 1.39. The van der Waals surface area contributed by atoms with Crippen molar-refractivity contribution >= 4 is 0 Å². The molecule has 1 N–H and O–H groups in total. The third kappa shape index (κ3) is 3.11. The molecule has 1 fully saturated rings. The predicted octanol–water partition coefficient (Wildman–Crippen LogP) is 1.59. The first-order chi connectivity index (χ1) is 11.7. The molecule has 2 heterocycles. The van der Waals surface area contributed by atoms with Crippen LogP contribution in [0.5, 0.6) is 0 Å². The van der Waals surface area contributed by atoms with Gasteiger partial charge >= 0.3 is 0 Å². The summed E-state index contributed by atoms with van der Waals surface area (Å²) in [6.07, 6.45) is 5.84. The summed E-state index contributed by atoms with van der Waals surface area (Å²) in [5.74, 6) is 0. The molecule has 1 aromatic heterocycles. The quantitative estimate of drug-likeness (QED) is 0.930. The van der Waals surface area contributed by atoms with E-state index in [4.69, 9.17) is 0 Å². The molecule has 0 amide bonds. The molecular formula is C19H26N4O. The lowest BCUT2D eigenvalue weighted by molar-refractivity contribution is 0.0625. The molecule has 1 saturated heterocycles. The lowest BCUT2D eigenvalue weighted by Gasteiger charge is -2.30. The summed E-state index contributed by atoms with van der Waals surface area (Å²) in [7, 11) is 1.97. The summed E-state index contributed by atoms with van der Waals surface area (Å²) in [5, 5.41) is 15.0. The maximum atomic E-state index is 10.7. The highest BCUT2D eigenvalue weighted by molar-refractivity contribution is 5.35. The molecule has 0 unspecified atom stereocenters. The van der Waals surface area contributed by atoms with E-state index in [0.29, 0.717) is 0 Å². The van der Waals surface area contributed by atoms with E-state index < -0.39 is 0 Å². The van der Waals surface area contributed by atoms with Crippen molar-refractivity contribution in [2.75, 3.05) is 26.2 Å². The van der Waals surface area contributed by atoms with E-state index >= 15 is 0 Å². The standard InChI is InChI=1S/C19H26N4O/c1-21-13-15(12-20-21)14-22-7-4-8-23(10-9-22)18-11-16-5-2-3-6-17(16)19(18)24/h2-3,5-6,12-13,18-19,24H,4,7-11,14H2,1H3/t18-,19-/m1/s1. The molecule has 2 aromatic rings. The highest BCUT2D eigenvalue weighted by Gasteiger charge is 2.35. The second-order valence-corrected chi connectivity index (χ2v) is 7.10. The third-order valence-electron chi connectivity index (χ3n) is 5.42. The van der Waals surface area contributed by atoms with Gasteiger partial charge in [-0.15, -0.1) is 0 Å². The van der Waals surface area contributed by atoms with Gasteiger partial charge in [0.1, 0.15) is 0 Å². The van der Waals surface area contributed by atoms with Gasteiger partial charge in [-0.05, 0) is 37.1 Å². The number of aliphatic hydroxyl groups is 1. The molecule has 128 valence electrons. The Bertz CT molecular complexity index is 698. The van der Waals surface area contributed by atoms with Gasteiger partial charge in [0.25, 0.3) is 0 Å². The van der Waals surface area contributed by atoms with E-state index in [9.17, 15) is 5.11 Å². The highest BCUT2D eigenvalue weighted by atomic mass is 16.3. The van der Waals surface area contributed by atoms with E-state index in [0.717, 1.165) is 51.1 Å². The van der Waals surface area contributed by atoms with Crippen LogP contribution >= 0.6 is 0 Å². The van der Waals surface area contributed by atoms with Gasteiger partial charge in [0.05, 0.1) is 12.3 Å². The van der Waals surface area contributed by atoms with Crippen LogP contribution in [-0.4, -0.2) is 56.9 Å². The van der Waals surface area contributed by atoms with Crippen LogP contribution in [0.1, 0.15) is 29.2 Å². The molecule has 0 saturated carbocycles. The number of rotatable bonds is 3. The molecule has 5 heteroatoms. The number of aliphatic hydroxyl groups excluding tert-OH is 1. The molecule has 5 nitrogen and oxygen atoms in total. The van der Waals surface area contributed by atoms with Crippen molar-refractivity contribution in [2.24, 2.45) is 7.05 Å². The summed E-state index contributed by atoms with van der Waals surface area (Å²) in [6.45, 7) is 5.22. The number of hydrogen-bond donors (Lipinski definition) is 1. The summed E-state index contributed by atoms with van der Waals surface area (Å²) in [4.78, 5) is 5.00. The average molecular weight is 326 g/mol. The zero-order valence-corrected chi connectivity index (χ0v) is 14.3. The van der Waals surface area contributed by atoms with Gasteiger partial charge in [-0.1, -0.05) is 24.3 Å². The summed E-state index contributed by atoms with van der Waals surface area (Å²) in [5.41, 5.74) is 3.71. The first-order valence-electron chi connectivity index (χ1n) is 8.90. The molecule has 0 bridgehead atoms. The van der Waals surface area contributed by atoms with Crippen LogP contribution in [0, 0.1) is 0 Å². The zero-order valence-electron chi connectivity index (χ0n) is 14.3. The van der Waals surface area contributed by atoms with Crippen LogP contribution in [0.3, 0.4) is 0 Å². The molecule has 0 radical (unpaired) electrons. The Morgan fingerprint density at radius 1 is 1.17 bits per heavy atom. The van der Waals surface area contributed by atoms with Gasteiger partial charge < -0.3 is 5.11 Å². The average Bonchev–Trinajstić information content (AvgIpc) is 3.05. The largest absolute Gasteiger partial charge is 0.387 e. The SMILES string of the molecule is Cn1cc(CN2CCCN([C@@H]3Cc4ccccc4[C@H]3O)CC2)cn1. The molecule has 1 aliphatic carbocycles. The molecule has 4 rings (SSSR count). The number of aryl methyl sites for hydroxylation is 1. The van der Waals surface area contributed by atoms with Crippen molar-refractivity contribution in [3.63, 3.8) is 0 Å². The first-order valence-corrected chi connectivity index (χ1v) is 8.90. The van der Waals surface area contributed by atoms with Crippen LogP contribution in [-0.2, 0) is 20.0 Å². The Kier molecular flexibility index (Phi) is 4.39. The van der Waals surface area contributed by atoms with Crippen molar-refractivity contribution in [1.82, 2.24) is 19.6 Å². The highest BCUT2D eigenvalue weighted by Crippen LogP contribution is 2.34. The van der Waals surface area contributed by atoms with Crippen molar-refractivity contribution in [2.45, 2.75) is 31.5 Å². The maximum absolute atomic E-state index is 10.7. The van der Waals surface area contributed by atoms with Gasteiger partial charge in [-0.25, -0.2) is 0 Å². The fourth-order valence-electron chi connectivity index (χ4n) is 4.17. The Labute approximate surface area is 143 Å². The van der Waals surface area contributed by atoms with E-state index in [-0.39, 0.29) is 12.1 Å². The number of aromatic nitrogens is 2. The maximum Gasteiger partial charge on any atom is 0.0951 e. The molecular weight excluding hydrogens is 300 g/mol. The van der Waals surface area contributed by atoms with Crippen LogP contribution < -0.4 is 0 Å². The van der Waals surface area contributed by atoms with E-state index in [1.54, 1.807) is 0 Å². The van der Waals surface area contributed by atoms with E-state index in [1.165, 1.54) is 11.1 Å². The number of hydrogen-bond acceptors (Lipinski definition) is 4. The smallest absolute Gasteiger partial charge is 0.0951 e. The van der Waals surface area contributed by atoms with Crippen molar-refractivity contribution in [3.8, 4) is 0 Å². The fraction of sp³-hybridized carbons (Fsp3) is 0.526. The number of benzene rings is 1. The second-order valence-electron chi connectivity index (χ2n) is 7.10. The minimum atomic E-state index is -0.342. The third-order valence-corrected chi connectivity index (χ3v) is 5.42. The van der Waals surface area contributed by atoms with E-state index in [1.807, 2.05) is 24.0 Å². The summed E-state index contributed by atoms with van der Waals surface area (Å²) >= 11 is 0. The number of fused-ring (bicyclic) bond motifs is 1. The topological polar surface area (TPSA) is 44.5 Å². The predicted molar refractivity (Wildman–Crippen MR) is 93.6 cm³/mol. The first kappa shape index (κ1) is 15.8. The van der Waals surface area contributed by atoms with Crippen LogP contribution in [0.25, 0.3) is 0 Å².